The molecule has 3 nitrogen and oxygen atoms in total. The molecule has 0 amide bonds. The van der Waals surface area contributed by atoms with Crippen LogP contribution in [-0.4, -0.2) is 18.1 Å². The van der Waals surface area contributed by atoms with Crippen LogP contribution in [0, 0.1) is 0 Å². The second-order valence-electron chi connectivity index (χ2n) is 5.61. The van der Waals surface area contributed by atoms with Gasteiger partial charge in [-0.2, -0.15) is 0 Å². The summed E-state index contributed by atoms with van der Waals surface area (Å²) in [7, 11) is 2.00. The van der Waals surface area contributed by atoms with Gasteiger partial charge in [0.1, 0.15) is 5.92 Å². The second-order valence-corrected chi connectivity index (χ2v) is 5.61. The van der Waals surface area contributed by atoms with Crippen LogP contribution in [0.15, 0.2) is 60.7 Å². The smallest absolute Gasteiger partial charge is 0.315 e. The molecule has 1 N–H and O–H groups in total. The lowest BCUT2D eigenvalue weighted by Gasteiger charge is -2.34. The van der Waals surface area contributed by atoms with Crippen LogP contribution in [0.5, 0.6) is 0 Å². The molecule has 3 aromatic carbocycles. The van der Waals surface area contributed by atoms with Crippen LogP contribution >= 0.6 is 0 Å². The van der Waals surface area contributed by atoms with Crippen LogP contribution in [0.4, 0.5) is 11.4 Å². The number of fused-ring (bicyclic) bond motifs is 4. The third-order valence-electron chi connectivity index (χ3n) is 4.43. The van der Waals surface area contributed by atoms with Crippen LogP contribution in [0.3, 0.4) is 0 Å². The highest BCUT2D eigenvalue weighted by Gasteiger charge is 2.34. The fourth-order valence-corrected chi connectivity index (χ4v) is 3.47. The van der Waals surface area contributed by atoms with Gasteiger partial charge in [-0.3, -0.25) is 4.79 Å². The van der Waals surface area contributed by atoms with Crippen molar-refractivity contribution >= 4 is 28.1 Å². The van der Waals surface area contributed by atoms with E-state index in [1.165, 1.54) is 0 Å². The predicted molar refractivity (Wildman–Crippen MR) is 87.9 cm³/mol. The molecule has 22 heavy (non-hydrogen) atoms. The molecule has 0 aromatic heterocycles. The number of aliphatic carboxylic acids is 1. The number of anilines is 2. The standard InChI is InChI=1S/C19H15NO2/c1-20-16-9-5-4-8-14(16)17(19(21)22)15-11-10-12-6-2-3-7-13(12)18(15)20/h2-11,17H,1H3,(H,21,22). The number of carboxylic acid groups (broad SMARTS) is 1. The lowest BCUT2D eigenvalue weighted by atomic mass is 9.83. The van der Waals surface area contributed by atoms with Crippen LogP contribution < -0.4 is 4.90 Å². The summed E-state index contributed by atoms with van der Waals surface area (Å²) >= 11 is 0. The largest absolute Gasteiger partial charge is 0.481 e. The van der Waals surface area contributed by atoms with Crippen molar-refractivity contribution in [1.29, 1.82) is 0 Å². The molecule has 108 valence electrons. The van der Waals surface area contributed by atoms with E-state index < -0.39 is 11.9 Å². The quantitative estimate of drug-likeness (QED) is 0.732. The Morgan fingerprint density at radius 1 is 0.955 bits per heavy atom. The molecule has 0 fully saturated rings. The Balaban J connectivity index is 2.10. The molecule has 3 heteroatoms. The maximum Gasteiger partial charge on any atom is 0.315 e. The fourth-order valence-electron chi connectivity index (χ4n) is 3.47. The van der Waals surface area contributed by atoms with Crippen molar-refractivity contribution in [2.45, 2.75) is 5.92 Å². The van der Waals surface area contributed by atoms with Gasteiger partial charge in [-0.25, -0.2) is 0 Å². The lowest BCUT2D eigenvalue weighted by molar-refractivity contribution is -0.137. The molecule has 4 rings (SSSR count). The average Bonchev–Trinajstić information content (AvgIpc) is 2.54. The first-order valence-electron chi connectivity index (χ1n) is 7.25. The van der Waals surface area contributed by atoms with E-state index in [2.05, 4.69) is 17.0 Å². The molecule has 3 aromatic rings. The van der Waals surface area contributed by atoms with E-state index in [0.29, 0.717) is 0 Å². The summed E-state index contributed by atoms with van der Waals surface area (Å²) in [6.07, 6.45) is 0. The number of hydrogen-bond donors (Lipinski definition) is 1. The number of carboxylic acids is 1. The van der Waals surface area contributed by atoms with Gasteiger partial charge in [-0.15, -0.1) is 0 Å². The highest BCUT2D eigenvalue weighted by Crippen LogP contribution is 2.47. The highest BCUT2D eigenvalue weighted by atomic mass is 16.4. The van der Waals surface area contributed by atoms with Crippen molar-refractivity contribution < 1.29 is 9.90 Å². The molecule has 1 heterocycles. The van der Waals surface area contributed by atoms with Crippen LogP contribution in [0.25, 0.3) is 10.8 Å². The molecule has 1 aliphatic heterocycles. The molecular weight excluding hydrogens is 274 g/mol. The van der Waals surface area contributed by atoms with Gasteiger partial charge in [-0.1, -0.05) is 54.6 Å². The number of carbonyl (C=O) groups is 1. The zero-order chi connectivity index (χ0) is 15.3. The summed E-state index contributed by atoms with van der Waals surface area (Å²) in [6.45, 7) is 0. The average molecular weight is 289 g/mol. The van der Waals surface area contributed by atoms with Crippen LogP contribution in [-0.2, 0) is 4.79 Å². The molecule has 0 aliphatic carbocycles. The molecule has 1 unspecified atom stereocenters. The molecule has 0 spiro atoms. The van der Waals surface area contributed by atoms with Gasteiger partial charge in [0.25, 0.3) is 0 Å². The highest BCUT2D eigenvalue weighted by molar-refractivity contribution is 6.02. The molecule has 0 saturated heterocycles. The summed E-state index contributed by atoms with van der Waals surface area (Å²) in [5.41, 5.74) is 3.65. The minimum Gasteiger partial charge on any atom is -0.481 e. The number of rotatable bonds is 1. The Labute approximate surface area is 128 Å². The van der Waals surface area contributed by atoms with Crippen molar-refractivity contribution in [3.63, 3.8) is 0 Å². The normalized spacial score (nSPS) is 16.2. The SMILES string of the molecule is CN1c2ccccc2C(C(=O)O)c2ccc3ccccc3c21. The van der Waals surface area contributed by atoms with Gasteiger partial charge in [0.2, 0.25) is 0 Å². The maximum atomic E-state index is 11.9. The Morgan fingerprint density at radius 3 is 2.50 bits per heavy atom. The molecule has 0 bridgehead atoms. The van der Waals surface area contributed by atoms with Crippen molar-refractivity contribution in [2.75, 3.05) is 11.9 Å². The van der Waals surface area contributed by atoms with Gasteiger partial charge in [0, 0.05) is 18.1 Å². The van der Waals surface area contributed by atoms with E-state index in [0.717, 1.165) is 33.3 Å². The topological polar surface area (TPSA) is 40.5 Å². The summed E-state index contributed by atoms with van der Waals surface area (Å²) in [5, 5.41) is 12.0. The summed E-state index contributed by atoms with van der Waals surface area (Å²) in [6, 6.07) is 19.8. The zero-order valence-corrected chi connectivity index (χ0v) is 12.2. The van der Waals surface area contributed by atoms with Crippen LogP contribution in [0.2, 0.25) is 0 Å². The third kappa shape index (κ3) is 1.65. The molecule has 0 radical (unpaired) electrons. The first kappa shape index (κ1) is 12.9. The van der Waals surface area contributed by atoms with E-state index in [4.69, 9.17) is 0 Å². The van der Waals surface area contributed by atoms with E-state index in [1.807, 2.05) is 55.6 Å². The van der Waals surface area contributed by atoms with Gasteiger partial charge >= 0.3 is 5.97 Å². The molecule has 0 saturated carbocycles. The van der Waals surface area contributed by atoms with Crippen molar-refractivity contribution in [1.82, 2.24) is 0 Å². The van der Waals surface area contributed by atoms with Crippen molar-refractivity contribution in [3.05, 3.63) is 71.8 Å². The molecule has 1 aliphatic rings. The Hall–Kier alpha value is -2.81. The third-order valence-corrected chi connectivity index (χ3v) is 4.43. The van der Waals surface area contributed by atoms with E-state index in [9.17, 15) is 9.90 Å². The van der Waals surface area contributed by atoms with Gasteiger partial charge in [0.15, 0.2) is 0 Å². The van der Waals surface area contributed by atoms with Gasteiger partial charge < -0.3 is 10.0 Å². The van der Waals surface area contributed by atoms with E-state index in [1.54, 1.807) is 0 Å². The molecular formula is C19H15NO2. The fraction of sp³-hybridized carbons (Fsp3) is 0.105. The number of nitrogens with zero attached hydrogens (tertiary/aromatic N) is 1. The number of para-hydroxylation sites is 1. The first-order valence-corrected chi connectivity index (χ1v) is 7.25. The second kappa shape index (κ2) is 4.60. The van der Waals surface area contributed by atoms with Crippen molar-refractivity contribution in [3.8, 4) is 0 Å². The summed E-state index contributed by atoms with van der Waals surface area (Å²) in [4.78, 5) is 14.0. The minimum atomic E-state index is -0.808. The number of benzene rings is 3. The lowest BCUT2D eigenvalue weighted by Crippen LogP contribution is -2.26. The van der Waals surface area contributed by atoms with Crippen LogP contribution in [0.1, 0.15) is 17.0 Å². The Kier molecular flexibility index (Phi) is 2.70. The van der Waals surface area contributed by atoms with Crippen molar-refractivity contribution in [2.24, 2.45) is 0 Å². The van der Waals surface area contributed by atoms with E-state index in [-0.39, 0.29) is 0 Å². The van der Waals surface area contributed by atoms with E-state index >= 15 is 0 Å². The first-order chi connectivity index (χ1) is 10.7. The Bertz CT molecular complexity index is 901. The zero-order valence-electron chi connectivity index (χ0n) is 12.2. The maximum absolute atomic E-state index is 11.9. The summed E-state index contributed by atoms with van der Waals surface area (Å²) < 4.78 is 0. The van der Waals surface area contributed by atoms with Gasteiger partial charge in [-0.05, 0) is 22.6 Å². The minimum absolute atomic E-state index is 0.619. The number of hydrogen-bond acceptors (Lipinski definition) is 2. The monoisotopic (exact) mass is 289 g/mol. The van der Waals surface area contributed by atoms with Gasteiger partial charge in [0.05, 0.1) is 5.69 Å². The summed E-state index contributed by atoms with van der Waals surface area (Å²) in [5.74, 6) is -1.43. The Morgan fingerprint density at radius 2 is 1.68 bits per heavy atom. The predicted octanol–water partition coefficient (Wildman–Crippen LogP) is 4.14. The molecule has 1 atom stereocenters.